The molecule has 0 saturated carbocycles. The Morgan fingerprint density at radius 2 is 2.15 bits per heavy atom. The predicted molar refractivity (Wildman–Crippen MR) is 53.4 cm³/mol. The third-order valence-corrected chi connectivity index (χ3v) is 2.47. The van der Waals surface area contributed by atoms with Crippen molar-refractivity contribution in [3.63, 3.8) is 0 Å². The Labute approximate surface area is 81.0 Å². The second-order valence-corrected chi connectivity index (χ2v) is 3.69. The normalized spacial score (nSPS) is 13.0. The number of benzene rings is 1. The quantitative estimate of drug-likeness (QED) is 0.769. The molecule has 0 amide bonds. The van der Waals surface area contributed by atoms with Crippen LogP contribution in [0.2, 0.25) is 0 Å². The molecule has 5 nitrogen and oxygen atoms in total. The number of hydrogen-bond acceptors (Lipinski definition) is 4. The fourth-order valence-electron chi connectivity index (χ4n) is 0.962. The Bertz CT molecular complexity index is 455. The van der Waals surface area contributed by atoms with Crippen LogP contribution in [0.25, 0.3) is 11.0 Å². The topological polar surface area (TPSA) is 80.9 Å². The Balaban J connectivity index is 2.42. The molecule has 0 fully saturated rings. The van der Waals surface area contributed by atoms with E-state index in [0.717, 1.165) is 22.8 Å². The van der Waals surface area contributed by atoms with Gasteiger partial charge in [-0.25, -0.2) is 9.35 Å². The first-order valence-corrected chi connectivity index (χ1v) is 5.35. The third kappa shape index (κ3) is 1.82. The smallest absolute Gasteiger partial charge is 0.190 e. The van der Waals surface area contributed by atoms with Crippen LogP contribution in [0.1, 0.15) is 0 Å². The Morgan fingerprint density at radius 1 is 1.38 bits per heavy atom. The molecule has 0 unspecified atom stereocenters. The lowest BCUT2D eigenvalue weighted by Crippen LogP contribution is -2.12. The molecule has 3 N–H and O–H groups in total. The molecule has 0 aliphatic rings. The van der Waals surface area contributed by atoms with Crippen molar-refractivity contribution in [1.29, 1.82) is 0 Å². The van der Waals surface area contributed by atoms with E-state index >= 15 is 0 Å². The lowest BCUT2D eigenvalue weighted by Gasteiger charge is -1.99. The van der Waals surface area contributed by atoms with Crippen LogP contribution in [0, 0.1) is 0 Å². The molecule has 0 aliphatic carbocycles. The standard InChI is InChI=1S/C6H6N4OS2/c7-13(11)10-4-1-2-5-6(3-4)9-12-8-5/h1-3,10H,7H2/t13-/m0/s1. The predicted octanol–water partition coefficient (Wildman–Crippen LogP) is 0.641. The van der Waals surface area contributed by atoms with Crippen molar-refractivity contribution in [3.05, 3.63) is 18.2 Å². The summed E-state index contributed by atoms with van der Waals surface area (Å²) in [7, 11) is 0. The van der Waals surface area contributed by atoms with Gasteiger partial charge in [0.25, 0.3) is 0 Å². The van der Waals surface area contributed by atoms with Crippen LogP contribution in [-0.2, 0) is 11.2 Å². The zero-order valence-corrected chi connectivity index (χ0v) is 8.06. The van der Waals surface area contributed by atoms with Crippen LogP contribution in [0.3, 0.4) is 0 Å². The summed E-state index contributed by atoms with van der Waals surface area (Å²) >= 11 is -0.397. The van der Waals surface area contributed by atoms with Crippen LogP contribution < -0.4 is 9.86 Å². The van der Waals surface area contributed by atoms with Gasteiger partial charge in [-0.1, -0.05) is 0 Å². The van der Waals surface area contributed by atoms with Gasteiger partial charge >= 0.3 is 0 Å². The first-order chi connectivity index (χ1) is 6.25. The van der Waals surface area contributed by atoms with Crippen molar-refractivity contribution in [2.24, 2.45) is 5.14 Å². The van der Waals surface area contributed by atoms with Gasteiger partial charge in [0, 0.05) is 5.69 Å². The monoisotopic (exact) mass is 214 g/mol. The summed E-state index contributed by atoms with van der Waals surface area (Å²) in [5.74, 6) is 0. The van der Waals surface area contributed by atoms with E-state index in [2.05, 4.69) is 13.5 Å². The van der Waals surface area contributed by atoms with Gasteiger partial charge in [0.05, 0.1) is 11.7 Å². The molecule has 0 bridgehead atoms. The van der Waals surface area contributed by atoms with E-state index in [4.69, 9.17) is 5.14 Å². The summed E-state index contributed by atoms with van der Waals surface area (Å²) in [6.45, 7) is 0. The Morgan fingerprint density at radius 3 is 2.92 bits per heavy atom. The van der Waals surface area contributed by atoms with Gasteiger partial charge in [0.2, 0.25) is 0 Å². The summed E-state index contributed by atoms with van der Waals surface area (Å²) in [6.07, 6.45) is 0. The average Bonchev–Trinajstić information content (AvgIpc) is 2.49. The van der Waals surface area contributed by atoms with E-state index in [0.29, 0.717) is 5.69 Å². The first kappa shape index (κ1) is 8.54. The van der Waals surface area contributed by atoms with Gasteiger partial charge in [-0.3, -0.25) is 4.72 Å². The minimum absolute atomic E-state index is 0.682. The summed E-state index contributed by atoms with van der Waals surface area (Å²) in [5.41, 5.74) is 2.29. The fourth-order valence-corrected chi connectivity index (χ4v) is 1.84. The highest BCUT2D eigenvalue weighted by atomic mass is 32.2. The maximum Gasteiger partial charge on any atom is 0.190 e. The molecule has 68 valence electrons. The SMILES string of the molecule is N[S@](=O)Nc1ccc2nsnc2c1. The van der Waals surface area contributed by atoms with Crippen molar-refractivity contribution in [2.45, 2.75) is 0 Å². The van der Waals surface area contributed by atoms with Crippen molar-refractivity contribution in [2.75, 3.05) is 4.72 Å². The molecule has 1 atom stereocenters. The highest BCUT2D eigenvalue weighted by Gasteiger charge is 2.00. The molecule has 1 aromatic heterocycles. The Hall–Kier alpha value is -1.05. The molecule has 2 aromatic rings. The van der Waals surface area contributed by atoms with Gasteiger partial charge in [-0.2, -0.15) is 8.75 Å². The van der Waals surface area contributed by atoms with Crippen molar-refractivity contribution in [1.82, 2.24) is 8.75 Å². The largest absolute Gasteiger partial charge is 0.293 e. The van der Waals surface area contributed by atoms with E-state index in [1.165, 1.54) is 0 Å². The van der Waals surface area contributed by atoms with Crippen LogP contribution in [0.5, 0.6) is 0 Å². The molecular weight excluding hydrogens is 208 g/mol. The summed E-state index contributed by atoms with van der Waals surface area (Å²) in [6, 6.07) is 5.31. The van der Waals surface area contributed by atoms with Crippen LogP contribution in [0.4, 0.5) is 5.69 Å². The number of hydrogen-bond donors (Lipinski definition) is 2. The van der Waals surface area contributed by atoms with Gasteiger partial charge in [-0.05, 0) is 18.2 Å². The van der Waals surface area contributed by atoms with E-state index in [-0.39, 0.29) is 0 Å². The highest BCUT2D eigenvalue weighted by Crippen LogP contribution is 2.16. The van der Waals surface area contributed by atoms with Crippen LogP contribution in [0.15, 0.2) is 18.2 Å². The molecule has 1 heterocycles. The molecule has 0 saturated heterocycles. The van der Waals surface area contributed by atoms with E-state index in [1.54, 1.807) is 18.2 Å². The lowest BCUT2D eigenvalue weighted by atomic mass is 10.3. The number of rotatable bonds is 2. The molecule has 1 aromatic carbocycles. The van der Waals surface area contributed by atoms with E-state index in [9.17, 15) is 4.21 Å². The molecule has 0 aliphatic heterocycles. The summed E-state index contributed by atoms with van der Waals surface area (Å²) in [5, 5.41) is 5.07. The molecule has 7 heteroatoms. The Kier molecular flexibility index (Phi) is 2.21. The molecule has 13 heavy (non-hydrogen) atoms. The number of nitrogens with one attached hydrogen (secondary N) is 1. The second kappa shape index (κ2) is 3.36. The fraction of sp³-hybridized carbons (Fsp3) is 0. The number of nitrogens with two attached hydrogens (primary N) is 1. The molecule has 0 spiro atoms. The van der Waals surface area contributed by atoms with Gasteiger partial charge in [-0.15, -0.1) is 0 Å². The molecular formula is C6H6N4OS2. The highest BCUT2D eigenvalue weighted by molar-refractivity contribution is 7.84. The summed E-state index contributed by atoms with van der Waals surface area (Å²) < 4.78 is 21.3. The van der Waals surface area contributed by atoms with E-state index in [1.807, 2.05) is 0 Å². The minimum Gasteiger partial charge on any atom is -0.293 e. The maximum atomic E-state index is 10.6. The van der Waals surface area contributed by atoms with Gasteiger partial charge in [0.15, 0.2) is 11.2 Å². The van der Waals surface area contributed by atoms with Gasteiger partial charge < -0.3 is 0 Å². The third-order valence-electron chi connectivity index (χ3n) is 1.47. The lowest BCUT2D eigenvalue weighted by molar-refractivity contribution is 0.687. The van der Waals surface area contributed by atoms with Crippen molar-refractivity contribution < 1.29 is 4.21 Å². The number of fused-ring (bicyclic) bond motifs is 1. The van der Waals surface area contributed by atoms with Crippen LogP contribution >= 0.6 is 11.7 Å². The van der Waals surface area contributed by atoms with Gasteiger partial charge in [0.1, 0.15) is 11.0 Å². The average molecular weight is 214 g/mol. The second-order valence-electron chi connectivity index (χ2n) is 2.37. The van der Waals surface area contributed by atoms with Crippen molar-refractivity contribution >= 4 is 39.6 Å². The number of nitrogens with zero attached hydrogens (tertiary/aromatic N) is 2. The van der Waals surface area contributed by atoms with E-state index < -0.39 is 11.2 Å². The first-order valence-electron chi connectivity index (χ1n) is 3.41. The maximum absolute atomic E-state index is 10.6. The summed E-state index contributed by atoms with van der Waals surface area (Å²) in [4.78, 5) is 0. The number of aromatic nitrogens is 2. The zero-order valence-electron chi connectivity index (χ0n) is 6.43. The molecule has 0 radical (unpaired) electrons. The van der Waals surface area contributed by atoms with Crippen LogP contribution in [-0.4, -0.2) is 13.0 Å². The zero-order chi connectivity index (χ0) is 9.26. The number of anilines is 1. The minimum atomic E-state index is -1.54. The molecule has 2 rings (SSSR count). The van der Waals surface area contributed by atoms with Crippen molar-refractivity contribution in [3.8, 4) is 0 Å².